The van der Waals surface area contributed by atoms with E-state index in [9.17, 15) is 4.39 Å². The standard InChI is InChI=1S/C20H22ClFN4/c1-24-19-8-3-15(21)13-18(19)23-20(24)14-25-9-2-10-26(12-11-25)17-6-4-16(22)5-7-17/h3-8,13H,2,9-12,14H2,1H3. The summed E-state index contributed by atoms with van der Waals surface area (Å²) >= 11 is 6.09. The zero-order valence-corrected chi connectivity index (χ0v) is 15.6. The van der Waals surface area contributed by atoms with E-state index in [1.54, 1.807) is 0 Å². The minimum atomic E-state index is -0.188. The predicted octanol–water partition coefficient (Wildman–Crippen LogP) is 4.08. The number of rotatable bonds is 3. The fraction of sp³-hybridized carbons (Fsp3) is 0.350. The molecule has 0 saturated carbocycles. The van der Waals surface area contributed by atoms with Gasteiger partial charge in [-0.25, -0.2) is 9.37 Å². The number of imidazole rings is 1. The summed E-state index contributed by atoms with van der Waals surface area (Å²) in [6.07, 6.45) is 1.08. The smallest absolute Gasteiger partial charge is 0.123 e. The number of aryl methyl sites for hydroxylation is 1. The number of nitrogens with zero attached hydrogens (tertiary/aromatic N) is 4. The molecule has 136 valence electrons. The van der Waals surface area contributed by atoms with Crippen LogP contribution >= 0.6 is 11.6 Å². The molecule has 0 atom stereocenters. The van der Waals surface area contributed by atoms with Crippen LogP contribution in [-0.2, 0) is 13.6 Å². The average Bonchev–Trinajstić information content (AvgIpc) is 2.80. The summed E-state index contributed by atoms with van der Waals surface area (Å²) in [7, 11) is 2.06. The number of hydrogen-bond acceptors (Lipinski definition) is 3. The van der Waals surface area contributed by atoms with Crippen molar-refractivity contribution in [2.75, 3.05) is 31.1 Å². The van der Waals surface area contributed by atoms with Crippen LogP contribution in [0.2, 0.25) is 5.02 Å². The third-order valence-electron chi connectivity index (χ3n) is 5.08. The second-order valence-electron chi connectivity index (χ2n) is 6.81. The molecule has 0 amide bonds. The zero-order valence-electron chi connectivity index (χ0n) is 14.8. The van der Waals surface area contributed by atoms with Gasteiger partial charge in [-0.1, -0.05) is 11.6 Å². The van der Waals surface area contributed by atoms with Crippen LogP contribution in [0.5, 0.6) is 0 Å². The predicted molar refractivity (Wildman–Crippen MR) is 104 cm³/mol. The molecule has 4 nitrogen and oxygen atoms in total. The van der Waals surface area contributed by atoms with Gasteiger partial charge in [-0.05, 0) is 48.9 Å². The van der Waals surface area contributed by atoms with E-state index in [4.69, 9.17) is 16.6 Å². The van der Waals surface area contributed by atoms with Gasteiger partial charge in [0.05, 0.1) is 17.6 Å². The molecule has 0 N–H and O–H groups in total. The Bertz CT molecular complexity index is 906. The molecule has 1 saturated heterocycles. The molecule has 3 aromatic rings. The van der Waals surface area contributed by atoms with E-state index in [-0.39, 0.29) is 5.82 Å². The fourth-order valence-electron chi connectivity index (χ4n) is 3.60. The molecule has 1 aromatic heterocycles. The van der Waals surface area contributed by atoms with Crippen molar-refractivity contribution in [1.29, 1.82) is 0 Å². The normalized spacial score (nSPS) is 16.2. The van der Waals surface area contributed by atoms with Crippen LogP contribution in [0.4, 0.5) is 10.1 Å². The lowest BCUT2D eigenvalue weighted by Gasteiger charge is -2.23. The first kappa shape index (κ1) is 17.3. The Balaban J connectivity index is 1.46. The molecular weight excluding hydrogens is 351 g/mol. The first-order chi connectivity index (χ1) is 12.6. The summed E-state index contributed by atoms with van der Waals surface area (Å²) in [6.45, 7) is 4.73. The highest BCUT2D eigenvalue weighted by molar-refractivity contribution is 6.31. The van der Waals surface area contributed by atoms with Gasteiger partial charge in [0.1, 0.15) is 11.6 Å². The van der Waals surface area contributed by atoms with Crippen molar-refractivity contribution in [3.05, 3.63) is 59.1 Å². The van der Waals surface area contributed by atoms with Crippen molar-refractivity contribution < 1.29 is 4.39 Å². The van der Waals surface area contributed by atoms with E-state index in [0.29, 0.717) is 5.02 Å². The monoisotopic (exact) mass is 372 g/mol. The van der Waals surface area contributed by atoms with Crippen molar-refractivity contribution in [2.45, 2.75) is 13.0 Å². The van der Waals surface area contributed by atoms with Crippen LogP contribution in [0, 0.1) is 5.82 Å². The van der Waals surface area contributed by atoms with Crippen molar-refractivity contribution in [3.8, 4) is 0 Å². The SMILES string of the molecule is Cn1c(CN2CCCN(c3ccc(F)cc3)CC2)nc2cc(Cl)ccc21. The number of anilines is 1. The van der Waals surface area contributed by atoms with Crippen LogP contribution in [-0.4, -0.2) is 40.6 Å². The quantitative estimate of drug-likeness (QED) is 0.692. The molecule has 2 heterocycles. The summed E-state index contributed by atoms with van der Waals surface area (Å²) in [4.78, 5) is 9.53. The van der Waals surface area contributed by atoms with Crippen LogP contribution in [0.15, 0.2) is 42.5 Å². The highest BCUT2D eigenvalue weighted by Crippen LogP contribution is 2.21. The number of benzene rings is 2. The molecule has 26 heavy (non-hydrogen) atoms. The molecule has 0 radical (unpaired) electrons. The van der Waals surface area contributed by atoms with E-state index in [0.717, 1.165) is 61.7 Å². The Morgan fingerprint density at radius 3 is 2.65 bits per heavy atom. The first-order valence-electron chi connectivity index (χ1n) is 8.94. The molecule has 1 aliphatic heterocycles. The lowest BCUT2D eigenvalue weighted by Crippen LogP contribution is -2.31. The summed E-state index contributed by atoms with van der Waals surface area (Å²) < 4.78 is 15.3. The maximum Gasteiger partial charge on any atom is 0.123 e. The number of halogens is 2. The van der Waals surface area contributed by atoms with E-state index in [2.05, 4.69) is 21.4 Å². The highest BCUT2D eigenvalue weighted by Gasteiger charge is 2.18. The van der Waals surface area contributed by atoms with Crippen molar-refractivity contribution in [3.63, 3.8) is 0 Å². The summed E-state index contributed by atoms with van der Waals surface area (Å²) in [6, 6.07) is 12.6. The molecule has 2 aromatic carbocycles. The second-order valence-corrected chi connectivity index (χ2v) is 7.25. The molecule has 6 heteroatoms. The van der Waals surface area contributed by atoms with Crippen LogP contribution < -0.4 is 4.90 Å². The third kappa shape index (κ3) is 3.55. The van der Waals surface area contributed by atoms with Crippen LogP contribution in [0.3, 0.4) is 0 Å². The van der Waals surface area contributed by atoms with Gasteiger partial charge in [-0.15, -0.1) is 0 Å². The lowest BCUT2D eigenvalue weighted by atomic mass is 10.2. The number of fused-ring (bicyclic) bond motifs is 1. The van der Waals surface area contributed by atoms with E-state index < -0.39 is 0 Å². The largest absolute Gasteiger partial charge is 0.370 e. The summed E-state index contributed by atoms with van der Waals surface area (Å²) in [5, 5.41) is 0.715. The molecule has 0 bridgehead atoms. The highest BCUT2D eigenvalue weighted by atomic mass is 35.5. The maximum absolute atomic E-state index is 13.1. The fourth-order valence-corrected chi connectivity index (χ4v) is 3.77. The molecule has 0 unspecified atom stereocenters. The van der Waals surface area contributed by atoms with Gasteiger partial charge in [0, 0.05) is 43.9 Å². The van der Waals surface area contributed by atoms with E-state index >= 15 is 0 Å². The van der Waals surface area contributed by atoms with E-state index in [1.165, 1.54) is 12.1 Å². The van der Waals surface area contributed by atoms with Gasteiger partial charge in [0.2, 0.25) is 0 Å². The van der Waals surface area contributed by atoms with Gasteiger partial charge in [0.25, 0.3) is 0 Å². The molecule has 1 aliphatic rings. The van der Waals surface area contributed by atoms with Crippen molar-refractivity contribution in [1.82, 2.24) is 14.5 Å². The molecule has 0 aliphatic carbocycles. The van der Waals surface area contributed by atoms with Crippen LogP contribution in [0.25, 0.3) is 11.0 Å². The molecule has 1 fully saturated rings. The van der Waals surface area contributed by atoms with Gasteiger partial charge in [0.15, 0.2) is 0 Å². The molecule has 4 rings (SSSR count). The Morgan fingerprint density at radius 2 is 1.85 bits per heavy atom. The minimum Gasteiger partial charge on any atom is -0.370 e. The lowest BCUT2D eigenvalue weighted by molar-refractivity contribution is 0.276. The maximum atomic E-state index is 13.1. The zero-order chi connectivity index (χ0) is 18.1. The van der Waals surface area contributed by atoms with Gasteiger partial charge >= 0.3 is 0 Å². The average molecular weight is 373 g/mol. The summed E-state index contributed by atoms with van der Waals surface area (Å²) in [5.41, 5.74) is 3.13. The first-order valence-corrected chi connectivity index (χ1v) is 9.32. The minimum absolute atomic E-state index is 0.188. The van der Waals surface area contributed by atoms with Gasteiger partial charge in [-0.2, -0.15) is 0 Å². The molecule has 0 spiro atoms. The van der Waals surface area contributed by atoms with Crippen molar-refractivity contribution >= 4 is 28.3 Å². The molecular formula is C20H22ClFN4. The Labute approximate surface area is 157 Å². The van der Waals surface area contributed by atoms with Crippen molar-refractivity contribution in [2.24, 2.45) is 7.05 Å². The summed E-state index contributed by atoms with van der Waals surface area (Å²) in [5.74, 6) is 0.865. The Kier molecular flexibility index (Phi) is 4.83. The van der Waals surface area contributed by atoms with Gasteiger partial charge < -0.3 is 9.47 Å². The van der Waals surface area contributed by atoms with Gasteiger partial charge in [-0.3, -0.25) is 4.90 Å². The third-order valence-corrected chi connectivity index (χ3v) is 5.32. The topological polar surface area (TPSA) is 24.3 Å². The second kappa shape index (κ2) is 7.25. The Morgan fingerprint density at radius 1 is 1.04 bits per heavy atom. The number of hydrogen-bond donors (Lipinski definition) is 0. The Hall–Kier alpha value is -2.11. The number of aromatic nitrogens is 2. The van der Waals surface area contributed by atoms with E-state index in [1.807, 2.05) is 30.3 Å². The van der Waals surface area contributed by atoms with Crippen LogP contribution in [0.1, 0.15) is 12.2 Å².